The molecule has 0 aliphatic heterocycles. The number of nitrogens with two attached hydrogens (primary N) is 1. The number of nitrogen functional groups attached to an aromatic ring is 1. The third kappa shape index (κ3) is 7.43. The van der Waals surface area contributed by atoms with Crippen LogP contribution in [0.2, 0.25) is 0 Å². The van der Waals surface area contributed by atoms with E-state index in [1.807, 2.05) is 6.92 Å². The maximum atomic E-state index is 13.1. The van der Waals surface area contributed by atoms with Gasteiger partial charge in [0, 0.05) is 0 Å². The number of aromatic nitrogens is 4. The second-order valence-corrected chi connectivity index (χ2v) is 11.5. The molecule has 0 amide bonds. The molecule has 2 aromatic heterocycles. The number of carbonyl (C=O) groups excluding carboxylic acids is 2. The third-order valence-electron chi connectivity index (χ3n) is 5.54. The maximum Gasteiger partial charge on any atom is 0.508 e. The lowest BCUT2D eigenvalue weighted by Gasteiger charge is -2.24. The van der Waals surface area contributed by atoms with E-state index in [0.29, 0.717) is 6.42 Å². The molecular weight excluding hydrogens is 529 g/mol. The van der Waals surface area contributed by atoms with Crippen molar-refractivity contribution in [2.45, 2.75) is 71.1 Å². The first-order chi connectivity index (χ1) is 17.7. The monoisotopic (exact) mass is 561 g/mol. The molecule has 212 valence electrons. The molecular formula is C21H32N5O11P. The number of nitrogens with one attached hydrogen (secondary N) is 1. The van der Waals surface area contributed by atoms with Crippen molar-refractivity contribution in [1.82, 2.24) is 19.5 Å². The van der Waals surface area contributed by atoms with Gasteiger partial charge in [-0.25, -0.2) is 19.5 Å². The Balaban J connectivity index is 1.71. The van der Waals surface area contributed by atoms with Gasteiger partial charge in [0.15, 0.2) is 11.2 Å². The highest BCUT2D eigenvalue weighted by Crippen LogP contribution is 2.55. The highest BCUT2D eigenvalue weighted by Gasteiger charge is 2.56. The lowest BCUT2D eigenvalue weighted by molar-refractivity contribution is -0.271. The van der Waals surface area contributed by atoms with Crippen LogP contribution in [-0.4, -0.2) is 73.4 Å². The Morgan fingerprint density at radius 2 is 1.76 bits per heavy atom. The molecule has 17 heteroatoms. The predicted octanol–water partition coefficient (Wildman–Crippen LogP) is 2.11. The third-order valence-corrected chi connectivity index (χ3v) is 7.05. The van der Waals surface area contributed by atoms with Crippen LogP contribution in [0.25, 0.3) is 11.2 Å². The lowest BCUT2D eigenvalue weighted by atomic mass is 10.3. The van der Waals surface area contributed by atoms with Crippen molar-refractivity contribution in [3.05, 3.63) is 16.7 Å². The van der Waals surface area contributed by atoms with Crippen LogP contribution in [0, 0.1) is 5.92 Å². The normalized spacial score (nSPS) is 20.5. The van der Waals surface area contributed by atoms with Crippen LogP contribution >= 0.6 is 7.60 Å². The second-order valence-electron chi connectivity index (χ2n) is 9.50. The molecule has 4 N–H and O–H groups in total. The van der Waals surface area contributed by atoms with Crippen LogP contribution in [-0.2, 0) is 39.6 Å². The van der Waals surface area contributed by atoms with E-state index in [2.05, 4.69) is 15.0 Å². The maximum absolute atomic E-state index is 13.1. The molecule has 0 spiro atoms. The van der Waals surface area contributed by atoms with Crippen molar-refractivity contribution in [3.8, 4) is 0 Å². The van der Waals surface area contributed by atoms with Crippen LogP contribution < -0.4 is 11.3 Å². The van der Waals surface area contributed by atoms with E-state index in [-0.39, 0.29) is 29.6 Å². The summed E-state index contributed by atoms with van der Waals surface area (Å²) in [4.78, 5) is 62.3. The van der Waals surface area contributed by atoms with Gasteiger partial charge in [0.05, 0.1) is 25.1 Å². The first-order valence-corrected chi connectivity index (χ1v) is 13.4. The quantitative estimate of drug-likeness (QED) is 0.146. The fourth-order valence-corrected chi connectivity index (χ4v) is 4.31. The van der Waals surface area contributed by atoms with Crippen molar-refractivity contribution in [3.63, 3.8) is 0 Å². The van der Waals surface area contributed by atoms with Gasteiger partial charge in [-0.3, -0.25) is 14.3 Å². The molecule has 0 aromatic carbocycles. The summed E-state index contributed by atoms with van der Waals surface area (Å²) in [6, 6.07) is 0. The number of hydrogen-bond acceptors (Lipinski definition) is 13. The van der Waals surface area contributed by atoms with Crippen molar-refractivity contribution < 1.29 is 47.6 Å². The fraction of sp³-hybridized carbons (Fsp3) is 0.667. The van der Waals surface area contributed by atoms with E-state index in [9.17, 15) is 23.8 Å². The molecule has 0 radical (unpaired) electrons. The molecule has 0 bridgehead atoms. The molecule has 1 aliphatic rings. The Labute approximate surface area is 217 Å². The van der Waals surface area contributed by atoms with Gasteiger partial charge < -0.3 is 34.1 Å². The summed E-state index contributed by atoms with van der Waals surface area (Å²) in [5, 5.41) is 0. The smallest absolute Gasteiger partial charge is 0.433 e. The van der Waals surface area contributed by atoms with E-state index in [4.69, 9.17) is 34.2 Å². The number of anilines is 1. The van der Waals surface area contributed by atoms with Crippen LogP contribution in [0.5, 0.6) is 0 Å². The topological polar surface area (TPSA) is 216 Å². The zero-order chi connectivity index (χ0) is 28.3. The highest BCUT2D eigenvalue weighted by molar-refractivity contribution is 7.53. The molecule has 3 unspecified atom stereocenters. The zero-order valence-corrected chi connectivity index (χ0v) is 22.5. The summed E-state index contributed by atoms with van der Waals surface area (Å²) in [5.74, 6) is -0.221. The zero-order valence-electron chi connectivity index (χ0n) is 21.6. The number of hydrogen-bond donors (Lipinski definition) is 3. The van der Waals surface area contributed by atoms with E-state index >= 15 is 0 Å². The van der Waals surface area contributed by atoms with Crippen LogP contribution in [0.3, 0.4) is 0 Å². The molecule has 16 nitrogen and oxygen atoms in total. The van der Waals surface area contributed by atoms with Crippen molar-refractivity contribution in [1.29, 1.82) is 0 Å². The molecule has 1 fully saturated rings. The summed E-state index contributed by atoms with van der Waals surface area (Å²) in [6.07, 6.45) is -1.35. The van der Waals surface area contributed by atoms with Crippen LogP contribution in [0.15, 0.2) is 11.1 Å². The van der Waals surface area contributed by atoms with Crippen molar-refractivity contribution >= 4 is 37.0 Å². The van der Waals surface area contributed by atoms with Gasteiger partial charge >= 0.3 is 19.9 Å². The molecule has 2 aromatic rings. The number of imidazole rings is 1. The standard InChI is InChI=1S/C21H32N5O11P/c1-11(2)34-19(28)32-7-14(8-33-20(29)35-12(3)4)38(30,31)37-36-21(6-13(21)5)9-26-10-23-15-16(26)24-18(22)25-17(15)27/h10-14H,6-9H2,1-5H3,(H,30,31)(H3,22,24,25,27). The lowest BCUT2D eigenvalue weighted by Crippen LogP contribution is -2.30. The summed E-state index contributed by atoms with van der Waals surface area (Å²) in [7, 11) is -4.72. The first-order valence-electron chi connectivity index (χ1n) is 11.8. The van der Waals surface area contributed by atoms with Crippen LogP contribution in [0.1, 0.15) is 41.0 Å². The molecule has 2 heterocycles. The number of nitrogens with zero attached hydrogens (tertiary/aromatic N) is 3. The number of ether oxygens (including phenoxy) is 4. The minimum atomic E-state index is -4.72. The van der Waals surface area contributed by atoms with Gasteiger partial charge in [-0.15, -0.1) is 4.67 Å². The number of aromatic amines is 1. The Kier molecular flexibility index (Phi) is 9.02. The highest BCUT2D eigenvalue weighted by atomic mass is 31.2. The molecule has 1 saturated carbocycles. The Morgan fingerprint density at radius 1 is 1.21 bits per heavy atom. The second kappa shape index (κ2) is 11.7. The summed E-state index contributed by atoms with van der Waals surface area (Å²) in [6.45, 7) is 6.91. The van der Waals surface area contributed by atoms with Gasteiger partial charge in [0.2, 0.25) is 5.95 Å². The van der Waals surface area contributed by atoms with Crippen LogP contribution in [0.4, 0.5) is 15.5 Å². The first kappa shape index (κ1) is 29.4. The minimum Gasteiger partial charge on any atom is -0.433 e. The van der Waals surface area contributed by atoms with E-state index in [1.54, 1.807) is 27.7 Å². The minimum absolute atomic E-state index is 0.0623. The van der Waals surface area contributed by atoms with Gasteiger partial charge in [-0.1, -0.05) is 6.92 Å². The number of carbonyl (C=O) groups is 2. The van der Waals surface area contributed by atoms with Gasteiger partial charge in [0.1, 0.15) is 24.5 Å². The summed E-state index contributed by atoms with van der Waals surface area (Å²) in [5.41, 5.74) is 2.79. The largest absolute Gasteiger partial charge is 0.508 e. The molecule has 3 atom stereocenters. The van der Waals surface area contributed by atoms with Crippen molar-refractivity contribution in [2.75, 3.05) is 18.9 Å². The molecule has 3 rings (SSSR count). The molecule has 1 aliphatic carbocycles. The number of H-pyrrole nitrogens is 1. The summed E-state index contributed by atoms with van der Waals surface area (Å²) < 4.78 is 39.2. The Hall–Kier alpha value is -3.20. The Bertz CT molecular complexity index is 1240. The predicted molar refractivity (Wildman–Crippen MR) is 130 cm³/mol. The van der Waals surface area contributed by atoms with E-state index in [0.717, 1.165) is 0 Å². The van der Waals surface area contributed by atoms with E-state index < -0.39 is 62.1 Å². The van der Waals surface area contributed by atoms with Crippen molar-refractivity contribution in [2.24, 2.45) is 5.92 Å². The Morgan fingerprint density at radius 3 is 2.26 bits per heavy atom. The number of rotatable bonds is 12. The molecule has 38 heavy (non-hydrogen) atoms. The average molecular weight is 561 g/mol. The fourth-order valence-electron chi connectivity index (χ4n) is 3.40. The number of fused-ring (bicyclic) bond motifs is 1. The van der Waals surface area contributed by atoms with Gasteiger partial charge in [-0.2, -0.15) is 4.98 Å². The van der Waals surface area contributed by atoms with Gasteiger partial charge in [0.25, 0.3) is 5.56 Å². The summed E-state index contributed by atoms with van der Waals surface area (Å²) >= 11 is 0. The molecule has 0 saturated heterocycles. The van der Waals surface area contributed by atoms with Gasteiger partial charge in [-0.05, 0) is 40.0 Å². The van der Waals surface area contributed by atoms with E-state index in [1.165, 1.54) is 10.9 Å². The average Bonchev–Trinajstić information content (AvgIpc) is 3.24. The SMILES string of the molecule is CC(C)OC(=O)OCC(COC(=O)OC(C)C)P(=O)(O)OOC1(Cn2cnc3c(=O)[nH]c(N)nc32)CC1C.